The Balaban J connectivity index is 1.96. The maximum Gasteiger partial charge on any atom is 0.254 e. The SMILES string of the molecule is CN(C)C[C@@H]1OCCN(C(=O)c2ccc(F)c(O)c2)[C@H]1c1cnn(C)c1. The number of likely N-dealkylation sites (N-methyl/N-ethyl adjacent to an activating group) is 1. The number of hydrogen-bond acceptors (Lipinski definition) is 5. The van der Waals surface area contributed by atoms with E-state index in [4.69, 9.17) is 4.74 Å². The minimum Gasteiger partial charge on any atom is -0.505 e. The van der Waals surface area contributed by atoms with E-state index in [0.29, 0.717) is 19.7 Å². The number of amides is 1. The quantitative estimate of drug-likeness (QED) is 0.891. The van der Waals surface area contributed by atoms with Crippen molar-refractivity contribution in [3.63, 3.8) is 0 Å². The Morgan fingerprint density at radius 3 is 2.85 bits per heavy atom. The number of phenolic OH excluding ortho intramolecular Hbond substituents is 1. The number of benzene rings is 1. The van der Waals surface area contributed by atoms with Gasteiger partial charge in [0.05, 0.1) is 24.9 Å². The second-order valence-corrected chi connectivity index (χ2v) is 6.73. The molecule has 0 aliphatic carbocycles. The van der Waals surface area contributed by atoms with Gasteiger partial charge >= 0.3 is 0 Å². The third kappa shape index (κ3) is 3.71. The Bertz CT molecular complexity index is 792. The van der Waals surface area contributed by atoms with E-state index in [-0.39, 0.29) is 23.6 Å². The first-order valence-electron chi connectivity index (χ1n) is 8.41. The average molecular weight is 362 g/mol. The van der Waals surface area contributed by atoms with Gasteiger partial charge in [-0.2, -0.15) is 5.10 Å². The fourth-order valence-corrected chi connectivity index (χ4v) is 3.27. The molecule has 2 atom stereocenters. The number of aromatic nitrogens is 2. The highest BCUT2D eigenvalue weighted by molar-refractivity contribution is 5.95. The van der Waals surface area contributed by atoms with E-state index in [2.05, 4.69) is 5.10 Å². The zero-order valence-electron chi connectivity index (χ0n) is 15.1. The van der Waals surface area contributed by atoms with Crippen molar-refractivity contribution >= 4 is 5.91 Å². The molecule has 8 heteroatoms. The molecular formula is C18H23FN4O3. The molecule has 0 spiro atoms. The molecule has 1 aromatic carbocycles. The number of hydrogen-bond donors (Lipinski definition) is 1. The van der Waals surface area contributed by atoms with E-state index >= 15 is 0 Å². The summed E-state index contributed by atoms with van der Waals surface area (Å²) >= 11 is 0. The highest BCUT2D eigenvalue weighted by Gasteiger charge is 2.37. The van der Waals surface area contributed by atoms with Crippen LogP contribution in [0.15, 0.2) is 30.6 Å². The smallest absolute Gasteiger partial charge is 0.254 e. The monoisotopic (exact) mass is 362 g/mol. The summed E-state index contributed by atoms with van der Waals surface area (Å²) in [5.74, 6) is -1.56. The highest BCUT2D eigenvalue weighted by atomic mass is 19.1. The molecule has 140 valence electrons. The molecular weight excluding hydrogens is 339 g/mol. The van der Waals surface area contributed by atoms with Crippen LogP contribution in [0.25, 0.3) is 0 Å². The number of aryl methyl sites for hydroxylation is 1. The van der Waals surface area contributed by atoms with Crippen LogP contribution in [-0.2, 0) is 11.8 Å². The second kappa shape index (κ2) is 7.43. The lowest BCUT2D eigenvalue weighted by molar-refractivity contribution is -0.0684. The number of carbonyl (C=O) groups is 1. The topological polar surface area (TPSA) is 70.8 Å². The molecule has 2 heterocycles. The Hall–Kier alpha value is -2.45. The molecule has 1 amide bonds. The fourth-order valence-electron chi connectivity index (χ4n) is 3.27. The van der Waals surface area contributed by atoms with E-state index in [1.165, 1.54) is 6.07 Å². The van der Waals surface area contributed by atoms with Crippen molar-refractivity contribution in [1.29, 1.82) is 0 Å². The van der Waals surface area contributed by atoms with Crippen LogP contribution in [0.5, 0.6) is 5.75 Å². The number of rotatable bonds is 4. The summed E-state index contributed by atoms with van der Waals surface area (Å²) in [6.45, 7) is 1.45. The number of aromatic hydroxyl groups is 1. The number of morpholine rings is 1. The van der Waals surface area contributed by atoms with Gasteiger partial charge in [0.2, 0.25) is 0 Å². The van der Waals surface area contributed by atoms with Crippen molar-refractivity contribution in [2.24, 2.45) is 7.05 Å². The molecule has 26 heavy (non-hydrogen) atoms. The molecule has 1 aliphatic rings. The molecule has 1 aromatic heterocycles. The molecule has 7 nitrogen and oxygen atoms in total. The van der Waals surface area contributed by atoms with E-state index in [1.54, 1.807) is 15.8 Å². The van der Waals surface area contributed by atoms with Crippen LogP contribution in [0.3, 0.4) is 0 Å². The van der Waals surface area contributed by atoms with Crippen LogP contribution in [0.1, 0.15) is 22.0 Å². The van der Waals surface area contributed by atoms with Gasteiger partial charge in [0.15, 0.2) is 11.6 Å². The number of phenols is 1. The van der Waals surface area contributed by atoms with Crippen LogP contribution >= 0.6 is 0 Å². The zero-order valence-corrected chi connectivity index (χ0v) is 15.1. The molecule has 0 radical (unpaired) electrons. The van der Waals surface area contributed by atoms with Gasteiger partial charge in [0.25, 0.3) is 5.91 Å². The maximum absolute atomic E-state index is 13.3. The predicted molar refractivity (Wildman–Crippen MR) is 93.3 cm³/mol. The van der Waals surface area contributed by atoms with Gasteiger partial charge in [-0.3, -0.25) is 9.48 Å². The molecule has 0 unspecified atom stereocenters. The third-order valence-corrected chi connectivity index (χ3v) is 4.42. The highest BCUT2D eigenvalue weighted by Crippen LogP contribution is 2.31. The maximum atomic E-state index is 13.3. The van der Waals surface area contributed by atoms with E-state index in [9.17, 15) is 14.3 Å². The lowest BCUT2D eigenvalue weighted by Gasteiger charge is -2.41. The van der Waals surface area contributed by atoms with Gasteiger partial charge in [-0.15, -0.1) is 0 Å². The summed E-state index contributed by atoms with van der Waals surface area (Å²) in [7, 11) is 5.71. The Morgan fingerprint density at radius 2 is 2.23 bits per heavy atom. The third-order valence-electron chi connectivity index (χ3n) is 4.42. The Morgan fingerprint density at radius 1 is 1.46 bits per heavy atom. The second-order valence-electron chi connectivity index (χ2n) is 6.73. The summed E-state index contributed by atoms with van der Waals surface area (Å²) in [6.07, 6.45) is 3.37. The molecule has 0 bridgehead atoms. The van der Waals surface area contributed by atoms with Gasteiger partial charge in [-0.25, -0.2) is 4.39 Å². The molecule has 3 rings (SSSR count). The van der Waals surface area contributed by atoms with Crippen molar-refractivity contribution in [2.45, 2.75) is 12.1 Å². The lowest BCUT2D eigenvalue weighted by atomic mass is 9.99. The van der Waals surface area contributed by atoms with Crippen molar-refractivity contribution in [3.05, 3.63) is 47.5 Å². The van der Waals surface area contributed by atoms with Crippen LogP contribution < -0.4 is 0 Å². The molecule has 1 fully saturated rings. The molecule has 1 aliphatic heterocycles. The molecule has 1 saturated heterocycles. The number of halogens is 1. The standard InChI is InChI=1S/C18H23FN4O3/c1-21(2)11-16-17(13-9-20-22(3)10-13)23(6-7-26-16)18(25)12-4-5-14(19)15(24)8-12/h4-5,8-10,16-17,24H,6-7,11H2,1-3H3/t16-,17-/m0/s1. The first-order valence-corrected chi connectivity index (χ1v) is 8.41. The largest absolute Gasteiger partial charge is 0.505 e. The number of nitrogens with zero attached hydrogens (tertiary/aromatic N) is 4. The van der Waals surface area contributed by atoms with Gasteiger partial charge in [-0.1, -0.05) is 0 Å². The van der Waals surface area contributed by atoms with Gasteiger partial charge in [0, 0.05) is 37.5 Å². The van der Waals surface area contributed by atoms with Gasteiger partial charge in [-0.05, 0) is 32.3 Å². The van der Waals surface area contributed by atoms with E-state index < -0.39 is 11.6 Å². The fraction of sp³-hybridized carbons (Fsp3) is 0.444. The predicted octanol–water partition coefficient (Wildman–Crippen LogP) is 1.41. The summed E-state index contributed by atoms with van der Waals surface area (Å²) in [6, 6.07) is 3.32. The van der Waals surface area contributed by atoms with E-state index in [1.807, 2.05) is 32.2 Å². The Kier molecular flexibility index (Phi) is 5.24. The van der Waals surface area contributed by atoms with E-state index in [0.717, 1.165) is 17.7 Å². The van der Waals surface area contributed by atoms with Crippen LogP contribution in [0, 0.1) is 5.82 Å². The van der Waals surface area contributed by atoms with Crippen molar-refractivity contribution in [1.82, 2.24) is 19.6 Å². The normalized spacial score (nSPS) is 20.6. The van der Waals surface area contributed by atoms with Crippen LogP contribution in [-0.4, -0.2) is 70.5 Å². The summed E-state index contributed by atoms with van der Waals surface area (Å²) in [5.41, 5.74) is 1.11. The summed E-state index contributed by atoms with van der Waals surface area (Å²) < 4.78 is 21.0. The summed E-state index contributed by atoms with van der Waals surface area (Å²) in [5, 5.41) is 13.8. The number of carbonyl (C=O) groups excluding carboxylic acids is 1. The zero-order chi connectivity index (χ0) is 18.8. The molecule has 0 saturated carbocycles. The molecule has 2 aromatic rings. The number of ether oxygens (including phenoxy) is 1. The van der Waals surface area contributed by atoms with Crippen molar-refractivity contribution in [3.8, 4) is 5.75 Å². The van der Waals surface area contributed by atoms with Crippen LogP contribution in [0.4, 0.5) is 4.39 Å². The first kappa shape index (κ1) is 18.3. The van der Waals surface area contributed by atoms with Crippen molar-refractivity contribution in [2.75, 3.05) is 33.8 Å². The minimum absolute atomic E-state index is 0.221. The average Bonchev–Trinajstić information content (AvgIpc) is 3.02. The lowest BCUT2D eigenvalue weighted by Crippen LogP contribution is -2.51. The summed E-state index contributed by atoms with van der Waals surface area (Å²) in [4.78, 5) is 16.8. The Labute approximate surface area is 151 Å². The van der Waals surface area contributed by atoms with Gasteiger partial charge < -0.3 is 19.6 Å². The first-order chi connectivity index (χ1) is 12.4. The molecule has 1 N–H and O–H groups in total. The minimum atomic E-state index is -0.752. The van der Waals surface area contributed by atoms with Gasteiger partial charge in [0.1, 0.15) is 0 Å². The van der Waals surface area contributed by atoms with Crippen molar-refractivity contribution < 1.29 is 19.0 Å². The van der Waals surface area contributed by atoms with Crippen LogP contribution in [0.2, 0.25) is 0 Å².